The summed E-state index contributed by atoms with van der Waals surface area (Å²) < 4.78 is 5.05. The van der Waals surface area contributed by atoms with Crippen LogP contribution in [0.5, 0.6) is 0 Å². The minimum Gasteiger partial charge on any atom is -0.629 e. The Balaban J connectivity index is 1.78. The van der Waals surface area contributed by atoms with E-state index in [0.717, 1.165) is 39.2 Å². The van der Waals surface area contributed by atoms with Crippen LogP contribution in [0.25, 0.3) is 28.5 Å². The average molecular weight is 372 g/mol. The van der Waals surface area contributed by atoms with Gasteiger partial charge < -0.3 is 15.0 Å². The molecular weight excluding hydrogens is 352 g/mol. The van der Waals surface area contributed by atoms with Gasteiger partial charge in [-0.3, -0.25) is 4.79 Å². The highest BCUT2D eigenvalue weighted by Crippen LogP contribution is 2.33. The molecule has 0 bridgehead atoms. The molecule has 1 aliphatic rings. The number of nitrogens with zero attached hydrogens (tertiary/aromatic N) is 1. The monoisotopic (exact) mass is 372 g/mol. The van der Waals surface area contributed by atoms with Gasteiger partial charge >= 0.3 is 5.97 Å². The van der Waals surface area contributed by atoms with Crippen molar-refractivity contribution in [3.05, 3.63) is 88.9 Å². The largest absolute Gasteiger partial charge is 0.629 e. The van der Waals surface area contributed by atoms with Crippen LogP contribution in [0, 0.1) is 5.21 Å². The number of carbonyl (C=O) groups excluding carboxylic acids is 1. The fourth-order valence-electron chi connectivity index (χ4n) is 3.26. The lowest BCUT2D eigenvalue weighted by atomic mass is 9.95. The summed E-state index contributed by atoms with van der Waals surface area (Å²) in [4.78, 5) is 15.9. The summed E-state index contributed by atoms with van der Waals surface area (Å²) in [6.45, 7) is 1.96. The van der Waals surface area contributed by atoms with Gasteiger partial charge in [0.05, 0.1) is 11.9 Å². The molecule has 0 spiro atoms. The van der Waals surface area contributed by atoms with Crippen molar-refractivity contribution < 1.29 is 14.6 Å². The molecule has 0 aliphatic carbocycles. The molecule has 0 saturated heterocycles. The first-order valence-corrected chi connectivity index (χ1v) is 9.13. The van der Waals surface area contributed by atoms with E-state index in [0.29, 0.717) is 6.54 Å². The lowest BCUT2D eigenvalue weighted by Gasteiger charge is -2.23. The van der Waals surface area contributed by atoms with Crippen LogP contribution >= 0.6 is 0 Å². The number of ether oxygens (including phenoxy) is 1. The number of aromatic nitrogens is 1. The van der Waals surface area contributed by atoms with Crippen LogP contribution in [0.1, 0.15) is 23.7 Å². The standard InChI is InChI=1S/C23H20N2O3/c1-16(26)28-15-17-7-9-19(10-8-17)23-21(18-5-3-2-4-6-18)13-20-11-12-25(27)14-22(20)24-23/h2-13,25H,14-15H2,1H3. The number of hydrogen-bond acceptors (Lipinski definition) is 4. The van der Waals surface area contributed by atoms with Crippen LogP contribution in [0.2, 0.25) is 0 Å². The number of hydrogen-bond donors (Lipinski definition) is 1. The van der Waals surface area contributed by atoms with Gasteiger partial charge in [0.25, 0.3) is 0 Å². The molecule has 3 aromatic rings. The Morgan fingerprint density at radius 3 is 2.57 bits per heavy atom. The fourth-order valence-corrected chi connectivity index (χ4v) is 3.26. The number of rotatable bonds is 4. The van der Waals surface area contributed by atoms with Crippen molar-refractivity contribution in [1.82, 2.24) is 4.98 Å². The molecule has 0 radical (unpaired) electrons. The van der Waals surface area contributed by atoms with E-state index < -0.39 is 0 Å². The van der Waals surface area contributed by atoms with Crippen molar-refractivity contribution in [3.8, 4) is 22.4 Å². The van der Waals surface area contributed by atoms with E-state index >= 15 is 0 Å². The molecule has 0 saturated carbocycles. The molecule has 140 valence electrons. The number of fused-ring (bicyclic) bond motifs is 1. The van der Waals surface area contributed by atoms with Gasteiger partial charge in [-0.1, -0.05) is 54.6 Å². The normalized spacial score (nSPS) is 15.1. The molecular formula is C23H20N2O3. The Morgan fingerprint density at radius 1 is 1.11 bits per heavy atom. The summed E-state index contributed by atoms with van der Waals surface area (Å²) >= 11 is 0. The highest BCUT2D eigenvalue weighted by atomic mass is 16.5. The maximum atomic E-state index is 11.8. The molecule has 5 nitrogen and oxygen atoms in total. The molecule has 1 aliphatic heterocycles. The zero-order chi connectivity index (χ0) is 19.5. The van der Waals surface area contributed by atoms with Gasteiger partial charge in [0.1, 0.15) is 18.8 Å². The van der Waals surface area contributed by atoms with E-state index in [4.69, 9.17) is 9.72 Å². The Labute approximate surface area is 163 Å². The third-order valence-electron chi connectivity index (χ3n) is 4.68. The van der Waals surface area contributed by atoms with Crippen molar-refractivity contribution in [3.63, 3.8) is 0 Å². The van der Waals surface area contributed by atoms with Crippen LogP contribution in [0.15, 0.2) is 66.9 Å². The molecule has 1 atom stereocenters. The molecule has 0 fully saturated rings. The number of quaternary nitrogens is 1. The number of esters is 1. The molecule has 2 aromatic carbocycles. The highest BCUT2D eigenvalue weighted by Gasteiger charge is 2.17. The van der Waals surface area contributed by atoms with E-state index in [-0.39, 0.29) is 17.6 Å². The summed E-state index contributed by atoms with van der Waals surface area (Å²) in [6, 6.07) is 20.0. The van der Waals surface area contributed by atoms with Crippen LogP contribution in [-0.4, -0.2) is 11.0 Å². The van der Waals surface area contributed by atoms with Gasteiger partial charge in [0, 0.05) is 29.7 Å². The molecule has 5 heteroatoms. The Bertz CT molecular complexity index is 1030. The van der Waals surface area contributed by atoms with E-state index in [1.165, 1.54) is 6.92 Å². The van der Waals surface area contributed by atoms with Crippen LogP contribution in [0.3, 0.4) is 0 Å². The number of pyridine rings is 1. The minimum atomic E-state index is -0.301. The summed E-state index contributed by atoms with van der Waals surface area (Å²) in [5, 5.41) is 11.9. The molecule has 2 heterocycles. The molecule has 4 rings (SSSR count). The Morgan fingerprint density at radius 2 is 1.86 bits per heavy atom. The summed E-state index contributed by atoms with van der Waals surface area (Å²) in [5.74, 6) is -0.301. The molecule has 1 unspecified atom stereocenters. The number of benzene rings is 2. The number of hydroxylamine groups is 2. The van der Waals surface area contributed by atoms with Crippen LogP contribution < -0.4 is 5.06 Å². The topological polar surface area (TPSA) is 66.7 Å². The zero-order valence-corrected chi connectivity index (χ0v) is 15.5. The van der Waals surface area contributed by atoms with Gasteiger partial charge in [-0.05, 0) is 17.2 Å². The average Bonchev–Trinajstić information content (AvgIpc) is 2.72. The second kappa shape index (κ2) is 7.76. The van der Waals surface area contributed by atoms with E-state index in [2.05, 4.69) is 18.2 Å². The van der Waals surface area contributed by atoms with Crippen molar-refractivity contribution in [2.45, 2.75) is 20.1 Å². The zero-order valence-electron chi connectivity index (χ0n) is 15.5. The van der Waals surface area contributed by atoms with Crippen molar-refractivity contribution in [1.29, 1.82) is 0 Å². The van der Waals surface area contributed by atoms with Crippen LogP contribution in [-0.2, 0) is 22.7 Å². The Hall–Kier alpha value is -3.28. The van der Waals surface area contributed by atoms with Gasteiger partial charge in [-0.2, -0.15) is 0 Å². The van der Waals surface area contributed by atoms with Crippen LogP contribution in [0.4, 0.5) is 0 Å². The first kappa shape index (κ1) is 18.1. The van der Waals surface area contributed by atoms with E-state index in [1.54, 1.807) is 6.20 Å². The van der Waals surface area contributed by atoms with E-state index in [9.17, 15) is 10.0 Å². The smallest absolute Gasteiger partial charge is 0.302 e. The maximum Gasteiger partial charge on any atom is 0.302 e. The maximum absolute atomic E-state index is 11.8. The lowest BCUT2D eigenvalue weighted by molar-refractivity contribution is -0.806. The molecule has 1 N–H and O–H groups in total. The molecule has 0 amide bonds. The lowest BCUT2D eigenvalue weighted by Crippen LogP contribution is -3.01. The number of nitrogens with one attached hydrogen (secondary N) is 1. The highest BCUT2D eigenvalue weighted by molar-refractivity contribution is 5.83. The van der Waals surface area contributed by atoms with E-state index in [1.807, 2.05) is 48.5 Å². The molecule has 28 heavy (non-hydrogen) atoms. The second-order valence-electron chi connectivity index (χ2n) is 6.74. The molecule has 1 aromatic heterocycles. The minimum absolute atomic E-state index is 0.0649. The third-order valence-corrected chi connectivity index (χ3v) is 4.68. The van der Waals surface area contributed by atoms with Gasteiger partial charge in [0.15, 0.2) is 0 Å². The summed E-state index contributed by atoms with van der Waals surface area (Å²) in [5.41, 5.74) is 6.58. The van der Waals surface area contributed by atoms with Gasteiger partial charge in [-0.25, -0.2) is 4.98 Å². The first-order valence-electron chi connectivity index (χ1n) is 9.13. The van der Waals surface area contributed by atoms with Crippen molar-refractivity contribution in [2.24, 2.45) is 0 Å². The SMILES string of the molecule is CC(=O)OCc1ccc(-c2nc3c(cc2-c2ccccc2)C=C[NH+]([O-])C3)cc1. The second-order valence-corrected chi connectivity index (χ2v) is 6.74. The number of carbonyl (C=O) groups is 1. The van der Waals surface area contributed by atoms with Crippen molar-refractivity contribution >= 4 is 12.0 Å². The first-order chi connectivity index (χ1) is 13.6. The van der Waals surface area contributed by atoms with Gasteiger partial charge in [0.2, 0.25) is 0 Å². The third kappa shape index (κ3) is 3.86. The Kier molecular flexibility index (Phi) is 5.02. The predicted molar refractivity (Wildman–Crippen MR) is 108 cm³/mol. The fraction of sp³-hybridized carbons (Fsp3) is 0.130. The van der Waals surface area contributed by atoms with Crippen molar-refractivity contribution in [2.75, 3.05) is 0 Å². The predicted octanol–water partition coefficient (Wildman–Crippen LogP) is 3.35. The van der Waals surface area contributed by atoms with Gasteiger partial charge in [-0.15, -0.1) is 0 Å². The quantitative estimate of drug-likeness (QED) is 0.563. The summed E-state index contributed by atoms with van der Waals surface area (Å²) in [7, 11) is 0. The summed E-state index contributed by atoms with van der Waals surface area (Å²) in [6.07, 6.45) is 3.45.